The Morgan fingerprint density at radius 1 is 1.64 bits per heavy atom. The van der Waals surface area contributed by atoms with Crippen LogP contribution in [0.3, 0.4) is 0 Å². The normalized spacial score (nSPS) is 16.1. The van der Waals surface area contributed by atoms with E-state index in [0.29, 0.717) is 6.01 Å². The summed E-state index contributed by atoms with van der Waals surface area (Å²) in [5.41, 5.74) is 1.04. The van der Waals surface area contributed by atoms with Gasteiger partial charge in [-0.25, -0.2) is 0 Å². The van der Waals surface area contributed by atoms with Gasteiger partial charge in [0, 0.05) is 26.6 Å². The molecule has 0 amide bonds. The summed E-state index contributed by atoms with van der Waals surface area (Å²) in [5.74, 6) is 1.02. The summed E-state index contributed by atoms with van der Waals surface area (Å²) in [7, 11) is 1.81. The van der Waals surface area contributed by atoms with Gasteiger partial charge in [-0.1, -0.05) is 0 Å². The average molecular weight is 153 g/mol. The molecule has 2 heterocycles. The lowest BCUT2D eigenvalue weighted by atomic mass is 10.2. The molecule has 0 saturated heterocycles. The van der Waals surface area contributed by atoms with Crippen LogP contribution in [0.1, 0.15) is 11.5 Å². The number of nitrogens with one attached hydrogen (secondary N) is 2. The Hall–Kier alpha value is -1.03. The smallest absolute Gasteiger partial charge is 0.294 e. The predicted octanol–water partition coefficient (Wildman–Crippen LogP) is 0.362. The predicted molar refractivity (Wildman–Crippen MR) is 41.5 cm³/mol. The second-order valence-electron chi connectivity index (χ2n) is 2.57. The van der Waals surface area contributed by atoms with Crippen LogP contribution in [-0.4, -0.2) is 18.6 Å². The minimum Gasteiger partial charge on any atom is -0.428 e. The maximum Gasteiger partial charge on any atom is 0.294 e. The number of anilines is 1. The van der Waals surface area contributed by atoms with Crippen molar-refractivity contribution < 1.29 is 4.42 Å². The lowest BCUT2D eigenvalue weighted by molar-refractivity contribution is 0.484. The Bertz CT molecular complexity index is 233. The third-order valence-corrected chi connectivity index (χ3v) is 1.81. The van der Waals surface area contributed by atoms with Crippen molar-refractivity contribution in [3.63, 3.8) is 0 Å². The van der Waals surface area contributed by atoms with E-state index < -0.39 is 0 Å². The highest BCUT2D eigenvalue weighted by Gasteiger charge is 2.15. The molecule has 2 N–H and O–H groups in total. The largest absolute Gasteiger partial charge is 0.428 e. The molecule has 0 atom stereocenters. The van der Waals surface area contributed by atoms with Gasteiger partial charge in [-0.15, -0.1) is 0 Å². The number of hydrogen-bond acceptors (Lipinski definition) is 4. The summed E-state index contributed by atoms with van der Waals surface area (Å²) in [5, 5.41) is 6.11. The van der Waals surface area contributed by atoms with Gasteiger partial charge in [0.25, 0.3) is 6.01 Å². The quantitative estimate of drug-likeness (QED) is 0.611. The summed E-state index contributed by atoms with van der Waals surface area (Å²) >= 11 is 0. The summed E-state index contributed by atoms with van der Waals surface area (Å²) in [4.78, 5) is 4.23. The first-order valence-corrected chi connectivity index (χ1v) is 3.77. The van der Waals surface area contributed by atoms with Crippen molar-refractivity contribution in [2.75, 3.05) is 18.9 Å². The Labute approximate surface area is 65.0 Å². The first-order chi connectivity index (χ1) is 5.40. The van der Waals surface area contributed by atoms with E-state index in [1.165, 1.54) is 0 Å². The molecule has 0 aromatic carbocycles. The molecule has 4 nitrogen and oxygen atoms in total. The second-order valence-corrected chi connectivity index (χ2v) is 2.57. The van der Waals surface area contributed by atoms with Crippen LogP contribution in [0, 0.1) is 0 Å². The molecular formula is C7H11N3O. The van der Waals surface area contributed by atoms with Crippen LogP contribution in [0.25, 0.3) is 0 Å². The minimum absolute atomic E-state index is 0.624. The Balaban J connectivity index is 2.32. The fraction of sp³-hybridized carbons (Fsp3) is 0.571. The summed E-state index contributed by atoms with van der Waals surface area (Å²) in [6.07, 6.45) is 0.948. The maximum atomic E-state index is 5.39. The molecule has 0 bridgehead atoms. The third-order valence-electron chi connectivity index (χ3n) is 1.81. The fourth-order valence-electron chi connectivity index (χ4n) is 1.23. The summed E-state index contributed by atoms with van der Waals surface area (Å²) in [6.45, 7) is 1.83. The molecular weight excluding hydrogens is 142 g/mol. The van der Waals surface area contributed by atoms with Gasteiger partial charge in [0.05, 0.1) is 5.69 Å². The SMILES string of the molecule is CNc1nc2c(o1)CCNC2. The first-order valence-electron chi connectivity index (χ1n) is 3.77. The number of nitrogens with zero attached hydrogens (tertiary/aromatic N) is 1. The van der Waals surface area contributed by atoms with Gasteiger partial charge >= 0.3 is 0 Å². The number of rotatable bonds is 1. The van der Waals surface area contributed by atoms with Crippen molar-refractivity contribution in [3.8, 4) is 0 Å². The summed E-state index contributed by atoms with van der Waals surface area (Å²) < 4.78 is 5.39. The van der Waals surface area contributed by atoms with Crippen molar-refractivity contribution in [3.05, 3.63) is 11.5 Å². The van der Waals surface area contributed by atoms with Crippen molar-refractivity contribution in [2.24, 2.45) is 0 Å². The Morgan fingerprint density at radius 3 is 3.27 bits per heavy atom. The highest BCUT2D eigenvalue weighted by molar-refractivity contribution is 5.25. The van der Waals surface area contributed by atoms with Crippen LogP contribution >= 0.6 is 0 Å². The van der Waals surface area contributed by atoms with E-state index >= 15 is 0 Å². The van der Waals surface area contributed by atoms with Crippen LogP contribution in [-0.2, 0) is 13.0 Å². The van der Waals surface area contributed by atoms with Crippen LogP contribution in [0.5, 0.6) is 0 Å². The highest BCUT2D eigenvalue weighted by atomic mass is 16.4. The zero-order valence-corrected chi connectivity index (χ0v) is 6.48. The minimum atomic E-state index is 0.624. The van der Waals surface area contributed by atoms with E-state index in [2.05, 4.69) is 15.6 Å². The maximum absolute atomic E-state index is 5.39. The van der Waals surface area contributed by atoms with Crippen LogP contribution in [0.2, 0.25) is 0 Å². The lowest BCUT2D eigenvalue weighted by Crippen LogP contribution is -2.22. The topological polar surface area (TPSA) is 50.1 Å². The van der Waals surface area contributed by atoms with Gasteiger partial charge < -0.3 is 15.1 Å². The van der Waals surface area contributed by atoms with Crippen molar-refractivity contribution in [1.29, 1.82) is 0 Å². The summed E-state index contributed by atoms with van der Waals surface area (Å²) in [6, 6.07) is 0.624. The molecule has 0 aliphatic carbocycles. The Morgan fingerprint density at radius 2 is 2.55 bits per heavy atom. The molecule has 1 aliphatic rings. The first kappa shape index (κ1) is 6.67. The molecule has 4 heteroatoms. The van der Waals surface area contributed by atoms with Gasteiger partial charge in [0.1, 0.15) is 5.76 Å². The molecule has 2 rings (SSSR count). The molecule has 0 saturated carbocycles. The number of fused-ring (bicyclic) bond motifs is 1. The number of hydrogen-bond donors (Lipinski definition) is 2. The Kier molecular flexibility index (Phi) is 1.54. The van der Waals surface area contributed by atoms with Crippen molar-refractivity contribution in [1.82, 2.24) is 10.3 Å². The molecule has 0 spiro atoms. The fourth-order valence-corrected chi connectivity index (χ4v) is 1.23. The monoisotopic (exact) mass is 153 g/mol. The molecule has 11 heavy (non-hydrogen) atoms. The van der Waals surface area contributed by atoms with E-state index in [-0.39, 0.29) is 0 Å². The zero-order chi connectivity index (χ0) is 7.68. The molecule has 0 unspecified atom stereocenters. The van der Waals surface area contributed by atoms with E-state index in [9.17, 15) is 0 Å². The number of oxazole rings is 1. The van der Waals surface area contributed by atoms with Crippen molar-refractivity contribution in [2.45, 2.75) is 13.0 Å². The van der Waals surface area contributed by atoms with Gasteiger partial charge in [0.15, 0.2) is 0 Å². The van der Waals surface area contributed by atoms with Crippen LogP contribution in [0.4, 0.5) is 6.01 Å². The third kappa shape index (κ3) is 1.09. The van der Waals surface area contributed by atoms with Gasteiger partial charge in [0.2, 0.25) is 0 Å². The van der Waals surface area contributed by atoms with Crippen LogP contribution < -0.4 is 10.6 Å². The second kappa shape index (κ2) is 2.54. The molecule has 1 aromatic rings. The van der Waals surface area contributed by atoms with E-state index in [1.807, 2.05) is 7.05 Å². The van der Waals surface area contributed by atoms with E-state index in [4.69, 9.17) is 4.42 Å². The average Bonchev–Trinajstić information content (AvgIpc) is 2.46. The molecule has 0 fully saturated rings. The zero-order valence-electron chi connectivity index (χ0n) is 6.48. The molecule has 60 valence electrons. The van der Waals surface area contributed by atoms with Gasteiger partial charge in [-0.3, -0.25) is 0 Å². The number of aromatic nitrogens is 1. The van der Waals surface area contributed by atoms with E-state index in [1.54, 1.807) is 0 Å². The molecule has 1 aromatic heterocycles. The van der Waals surface area contributed by atoms with Crippen molar-refractivity contribution >= 4 is 6.01 Å². The van der Waals surface area contributed by atoms with Gasteiger partial charge in [-0.2, -0.15) is 4.98 Å². The van der Waals surface area contributed by atoms with Crippen LogP contribution in [0.15, 0.2) is 4.42 Å². The molecule has 1 aliphatic heterocycles. The molecule has 0 radical (unpaired) electrons. The van der Waals surface area contributed by atoms with Gasteiger partial charge in [-0.05, 0) is 0 Å². The lowest BCUT2D eigenvalue weighted by Gasteiger charge is -2.07. The highest BCUT2D eigenvalue weighted by Crippen LogP contribution is 2.17. The van der Waals surface area contributed by atoms with E-state index in [0.717, 1.165) is 31.0 Å². The standard InChI is InChI=1S/C7H11N3O/c1-8-7-10-5-4-9-3-2-6(5)11-7/h9H,2-4H2,1H3,(H,8,10).